The number of aliphatic hydroxyl groups excluding tert-OH is 5. The molecule has 14 atom stereocenters. The highest BCUT2D eigenvalue weighted by Gasteiger charge is 2.71. The molecule has 1 aliphatic heterocycles. The van der Waals surface area contributed by atoms with Crippen molar-refractivity contribution >= 4 is 5.91 Å². The molecule has 4 saturated carbocycles. The molecule has 5 fully saturated rings. The van der Waals surface area contributed by atoms with E-state index in [4.69, 9.17) is 4.74 Å². The molecule has 0 aromatic carbocycles. The number of ether oxygens (including phenoxy) is 1. The van der Waals surface area contributed by atoms with Crippen molar-refractivity contribution in [3.63, 3.8) is 0 Å². The number of allylic oxidation sites excluding steroid dienone is 2. The van der Waals surface area contributed by atoms with Crippen LogP contribution in [0.2, 0.25) is 0 Å². The van der Waals surface area contributed by atoms with Gasteiger partial charge in [-0.15, -0.1) is 5.10 Å². The zero-order chi connectivity index (χ0) is 36.4. The first-order chi connectivity index (χ1) is 23.2. The van der Waals surface area contributed by atoms with E-state index in [1.54, 1.807) is 13.1 Å². The van der Waals surface area contributed by atoms with Gasteiger partial charge in [0.2, 0.25) is 5.91 Å². The molecule has 7 rings (SSSR count). The summed E-state index contributed by atoms with van der Waals surface area (Å²) in [6.07, 6.45) is 4.95. The van der Waals surface area contributed by atoms with E-state index in [1.807, 2.05) is 0 Å². The van der Waals surface area contributed by atoms with Crippen LogP contribution in [0.3, 0.4) is 0 Å². The minimum absolute atomic E-state index is 0.0248. The molecular formula is C39H62N4O7. The molecule has 1 aromatic heterocycles. The Morgan fingerprint density at radius 2 is 1.62 bits per heavy atom. The van der Waals surface area contributed by atoms with Crippen molar-refractivity contribution < 1.29 is 35.1 Å². The van der Waals surface area contributed by atoms with E-state index in [9.17, 15) is 30.3 Å². The number of nitrogens with one attached hydrogen (secondary N) is 1. The van der Waals surface area contributed by atoms with Gasteiger partial charge in [0.05, 0.1) is 36.5 Å². The smallest absolute Gasteiger partial charge is 0.229 e. The van der Waals surface area contributed by atoms with Gasteiger partial charge in [-0.25, -0.2) is 4.68 Å². The molecule has 5 aliphatic carbocycles. The molecule has 0 spiro atoms. The summed E-state index contributed by atoms with van der Waals surface area (Å²) < 4.78 is 7.04. The van der Waals surface area contributed by atoms with E-state index in [0.29, 0.717) is 30.4 Å². The van der Waals surface area contributed by atoms with Crippen molar-refractivity contribution in [1.29, 1.82) is 0 Å². The van der Waals surface area contributed by atoms with Crippen LogP contribution in [0.15, 0.2) is 17.8 Å². The predicted octanol–water partition coefficient (Wildman–Crippen LogP) is 4.03. The number of hydrogen-bond donors (Lipinski definition) is 6. The number of aromatic nitrogens is 3. The summed E-state index contributed by atoms with van der Waals surface area (Å²) in [5.74, 6) is 0.619. The van der Waals surface area contributed by atoms with Gasteiger partial charge in [0.1, 0.15) is 24.0 Å². The third kappa shape index (κ3) is 4.99. The Labute approximate surface area is 297 Å². The van der Waals surface area contributed by atoms with Crippen LogP contribution in [0.1, 0.15) is 125 Å². The molecule has 2 heterocycles. The highest BCUT2D eigenvalue weighted by molar-refractivity contribution is 5.85. The fourth-order valence-electron chi connectivity index (χ4n) is 12.8. The average Bonchev–Trinajstić information content (AvgIpc) is 3.51. The first kappa shape index (κ1) is 36.5. The zero-order valence-electron chi connectivity index (χ0n) is 31.4. The summed E-state index contributed by atoms with van der Waals surface area (Å²) in [4.78, 5) is 14.6. The molecule has 6 aliphatic rings. The first-order valence-corrected chi connectivity index (χ1v) is 19.2. The molecule has 1 aromatic rings. The van der Waals surface area contributed by atoms with Crippen molar-refractivity contribution in [3.8, 4) is 0 Å². The Morgan fingerprint density at radius 1 is 0.900 bits per heavy atom. The van der Waals surface area contributed by atoms with E-state index in [1.165, 1.54) is 10.3 Å². The maximum absolute atomic E-state index is 14.6. The number of hydrogen-bond acceptors (Lipinski definition) is 9. The van der Waals surface area contributed by atoms with Gasteiger partial charge < -0.3 is 35.6 Å². The average molecular weight is 699 g/mol. The highest BCUT2D eigenvalue weighted by atomic mass is 16.5. The highest BCUT2D eigenvalue weighted by Crippen LogP contribution is 2.75. The molecule has 280 valence electrons. The second-order valence-electron chi connectivity index (χ2n) is 19.4. The standard InChI is InChI=1S/C39H62N4O7/c1-21-29(46)30(47)31(48)32(50-21)43-20-22(41-42-43)19-40-33(49)39-16-15-34(2,3)17-24(39)23-9-10-26-36(6)13-12-27(44)35(4,5)25(36)11-14-37(26,7)38(23,8)18-28(39)45/h9,20-21,24-32,44-48H,10-19H2,1-8H3,(H,40,49)/t21-,24+,25+,26-,27+,28-,29-,30+,31+,32-,36+,37-,38-,39-/m1/s1. The van der Waals surface area contributed by atoms with E-state index in [2.05, 4.69) is 70.2 Å². The molecule has 11 nitrogen and oxygen atoms in total. The lowest BCUT2D eigenvalue weighted by molar-refractivity contribution is -0.243. The molecule has 0 unspecified atom stereocenters. The minimum atomic E-state index is -1.40. The van der Waals surface area contributed by atoms with E-state index in [0.717, 1.165) is 44.9 Å². The van der Waals surface area contributed by atoms with Crippen LogP contribution in [-0.2, 0) is 16.1 Å². The lowest BCUT2D eigenvalue weighted by atomic mass is 9.33. The van der Waals surface area contributed by atoms with Crippen LogP contribution >= 0.6 is 0 Å². The fraction of sp³-hybridized carbons (Fsp3) is 0.872. The molecule has 50 heavy (non-hydrogen) atoms. The van der Waals surface area contributed by atoms with Gasteiger partial charge in [0, 0.05) is 0 Å². The lowest BCUT2D eigenvalue weighted by Crippen LogP contribution is -2.68. The van der Waals surface area contributed by atoms with Crippen molar-refractivity contribution in [2.75, 3.05) is 0 Å². The number of amides is 1. The Bertz CT molecular complexity index is 1530. The Morgan fingerprint density at radius 3 is 2.34 bits per heavy atom. The third-order valence-electron chi connectivity index (χ3n) is 16.2. The predicted molar refractivity (Wildman–Crippen MR) is 186 cm³/mol. The largest absolute Gasteiger partial charge is 0.393 e. The molecule has 6 N–H and O–H groups in total. The Balaban J connectivity index is 1.17. The second kappa shape index (κ2) is 11.8. The van der Waals surface area contributed by atoms with E-state index >= 15 is 0 Å². The molecular weight excluding hydrogens is 636 g/mol. The van der Waals surface area contributed by atoms with Gasteiger partial charge >= 0.3 is 0 Å². The molecule has 0 radical (unpaired) electrons. The molecule has 0 bridgehead atoms. The monoisotopic (exact) mass is 698 g/mol. The summed E-state index contributed by atoms with van der Waals surface area (Å²) in [5.41, 5.74) is 0.540. The summed E-state index contributed by atoms with van der Waals surface area (Å²) >= 11 is 0. The topological polar surface area (TPSA) is 170 Å². The van der Waals surface area contributed by atoms with Gasteiger partial charge in [-0.2, -0.15) is 0 Å². The normalized spacial score (nSPS) is 49.4. The van der Waals surface area contributed by atoms with Crippen LogP contribution in [0.5, 0.6) is 0 Å². The summed E-state index contributed by atoms with van der Waals surface area (Å²) in [6, 6.07) is 0. The van der Waals surface area contributed by atoms with Crippen LogP contribution < -0.4 is 5.32 Å². The fourth-order valence-corrected chi connectivity index (χ4v) is 12.8. The lowest BCUT2D eigenvalue weighted by Gasteiger charge is -2.71. The maximum Gasteiger partial charge on any atom is 0.229 e. The summed E-state index contributed by atoms with van der Waals surface area (Å²) in [7, 11) is 0. The van der Waals surface area contributed by atoms with Gasteiger partial charge in [-0.1, -0.05) is 65.3 Å². The van der Waals surface area contributed by atoms with E-state index < -0.39 is 42.2 Å². The number of aliphatic hydroxyl groups is 5. The number of carbonyl (C=O) groups excluding carboxylic acids is 1. The quantitative estimate of drug-likeness (QED) is 0.254. The second-order valence-corrected chi connectivity index (χ2v) is 19.4. The van der Waals surface area contributed by atoms with Crippen LogP contribution in [0.4, 0.5) is 0 Å². The SMILES string of the molecule is C[C@H]1O[C@@H](n2cc(CNC(=O)[C@]34CCC(C)(C)C[C@H]3C3=CC[C@@H]5[C@@]6(C)CC[C@H](O)C(C)(C)[C@@H]6CC[C@@]5(C)[C@]3(C)C[C@H]4O)nn2)[C@@H](O)[C@@H](O)[C@@H]1O. The number of nitrogens with zero attached hydrogens (tertiary/aromatic N) is 3. The van der Waals surface area contributed by atoms with Gasteiger partial charge in [-0.3, -0.25) is 4.79 Å². The van der Waals surface area contributed by atoms with Crippen molar-refractivity contribution in [2.24, 2.45) is 50.2 Å². The van der Waals surface area contributed by atoms with E-state index in [-0.39, 0.29) is 51.5 Å². The maximum atomic E-state index is 14.6. The molecule has 11 heteroatoms. The molecule has 1 amide bonds. The van der Waals surface area contributed by atoms with Crippen LogP contribution in [0.25, 0.3) is 0 Å². The third-order valence-corrected chi connectivity index (χ3v) is 16.2. The molecule has 1 saturated heterocycles. The number of fused-ring (bicyclic) bond motifs is 7. The minimum Gasteiger partial charge on any atom is -0.393 e. The van der Waals surface area contributed by atoms with Crippen LogP contribution in [-0.4, -0.2) is 83.1 Å². The van der Waals surface area contributed by atoms with Gasteiger partial charge in [0.25, 0.3) is 0 Å². The van der Waals surface area contributed by atoms with Gasteiger partial charge in [-0.05, 0) is 110 Å². The van der Waals surface area contributed by atoms with Crippen molar-refractivity contribution in [2.45, 2.75) is 163 Å². The van der Waals surface area contributed by atoms with Crippen molar-refractivity contribution in [1.82, 2.24) is 20.3 Å². The Hall–Kier alpha value is -1.89. The van der Waals surface area contributed by atoms with Gasteiger partial charge in [0.15, 0.2) is 6.23 Å². The summed E-state index contributed by atoms with van der Waals surface area (Å²) in [6.45, 7) is 18.2. The van der Waals surface area contributed by atoms with Crippen molar-refractivity contribution in [3.05, 3.63) is 23.5 Å². The number of rotatable bonds is 4. The zero-order valence-corrected chi connectivity index (χ0v) is 31.4. The van der Waals surface area contributed by atoms with Crippen LogP contribution in [0, 0.1) is 50.2 Å². The first-order valence-electron chi connectivity index (χ1n) is 19.2. The Kier molecular flexibility index (Phi) is 8.61. The summed E-state index contributed by atoms with van der Waals surface area (Å²) in [5, 5.41) is 65.9. The number of carbonyl (C=O) groups is 1.